The highest BCUT2D eigenvalue weighted by Crippen LogP contribution is 2.32. The quantitative estimate of drug-likeness (QED) is 0.838. The van der Waals surface area contributed by atoms with Gasteiger partial charge in [0.1, 0.15) is 0 Å². The molecule has 0 aromatic heterocycles. The number of nitrogens with one attached hydrogen (secondary N) is 1. The van der Waals surface area contributed by atoms with Gasteiger partial charge >= 0.3 is 0 Å². The van der Waals surface area contributed by atoms with Crippen molar-refractivity contribution in [3.8, 4) is 0 Å². The maximum absolute atomic E-state index is 3.85. The van der Waals surface area contributed by atoms with Gasteiger partial charge in [-0.1, -0.05) is 47.0 Å². The zero-order chi connectivity index (χ0) is 13.9. The fourth-order valence-electron chi connectivity index (χ4n) is 3.93. The lowest BCUT2D eigenvalue weighted by atomic mass is 9.79. The highest BCUT2D eigenvalue weighted by Gasteiger charge is 2.37. The van der Waals surface area contributed by atoms with Crippen LogP contribution < -0.4 is 5.32 Å². The van der Waals surface area contributed by atoms with Crippen molar-refractivity contribution in [1.29, 1.82) is 0 Å². The first-order chi connectivity index (χ1) is 9.02. The van der Waals surface area contributed by atoms with Crippen molar-refractivity contribution in [2.24, 2.45) is 11.3 Å². The van der Waals surface area contributed by atoms with Crippen LogP contribution in [-0.2, 0) is 0 Å². The maximum atomic E-state index is 3.85. The van der Waals surface area contributed by atoms with Crippen LogP contribution in [0.5, 0.6) is 0 Å². The standard InChI is InChI=1S/C17H34N2/c1-5-11-19-13-16(17(2,3)4)18-12-15(19)14-9-7-6-8-10-14/h14-16,18H,5-13H2,1-4H3. The summed E-state index contributed by atoms with van der Waals surface area (Å²) in [6, 6.07) is 1.46. The van der Waals surface area contributed by atoms with E-state index < -0.39 is 0 Å². The van der Waals surface area contributed by atoms with Crippen LogP contribution in [0.4, 0.5) is 0 Å². The lowest BCUT2D eigenvalue weighted by Gasteiger charge is -2.48. The van der Waals surface area contributed by atoms with Crippen LogP contribution >= 0.6 is 0 Å². The van der Waals surface area contributed by atoms with E-state index in [-0.39, 0.29) is 0 Å². The zero-order valence-corrected chi connectivity index (χ0v) is 13.5. The molecular weight excluding hydrogens is 232 g/mol. The monoisotopic (exact) mass is 266 g/mol. The molecule has 112 valence electrons. The maximum Gasteiger partial charge on any atom is 0.0249 e. The molecule has 2 rings (SSSR count). The molecular formula is C17H34N2. The summed E-state index contributed by atoms with van der Waals surface area (Å²) in [7, 11) is 0. The minimum Gasteiger partial charge on any atom is -0.311 e. The van der Waals surface area contributed by atoms with Gasteiger partial charge in [-0.3, -0.25) is 4.90 Å². The van der Waals surface area contributed by atoms with Crippen molar-refractivity contribution in [1.82, 2.24) is 10.2 Å². The van der Waals surface area contributed by atoms with Crippen molar-refractivity contribution >= 4 is 0 Å². The second-order valence-corrected chi connectivity index (χ2v) is 7.79. The minimum atomic E-state index is 0.378. The van der Waals surface area contributed by atoms with Gasteiger partial charge < -0.3 is 5.32 Å². The Morgan fingerprint density at radius 2 is 1.79 bits per heavy atom. The van der Waals surface area contributed by atoms with Gasteiger partial charge in [-0.2, -0.15) is 0 Å². The van der Waals surface area contributed by atoms with Crippen molar-refractivity contribution < 1.29 is 0 Å². The summed E-state index contributed by atoms with van der Waals surface area (Å²) < 4.78 is 0. The van der Waals surface area contributed by atoms with E-state index in [0.29, 0.717) is 11.5 Å². The summed E-state index contributed by atoms with van der Waals surface area (Å²) in [6.07, 6.45) is 8.61. The normalized spacial score (nSPS) is 31.6. The van der Waals surface area contributed by atoms with Gasteiger partial charge in [-0.05, 0) is 37.1 Å². The molecule has 0 radical (unpaired) electrons. The van der Waals surface area contributed by atoms with E-state index in [1.807, 2.05) is 0 Å². The summed E-state index contributed by atoms with van der Waals surface area (Å²) in [5.41, 5.74) is 0.378. The third kappa shape index (κ3) is 3.95. The van der Waals surface area contributed by atoms with Crippen LogP contribution in [0.1, 0.15) is 66.2 Å². The second kappa shape index (κ2) is 6.58. The lowest BCUT2D eigenvalue weighted by Crippen LogP contribution is -2.62. The molecule has 0 aromatic rings. The second-order valence-electron chi connectivity index (χ2n) is 7.79. The van der Waals surface area contributed by atoms with Crippen LogP contribution in [0, 0.1) is 11.3 Å². The van der Waals surface area contributed by atoms with Crippen LogP contribution in [0.25, 0.3) is 0 Å². The van der Waals surface area contributed by atoms with Crippen molar-refractivity contribution in [3.63, 3.8) is 0 Å². The number of piperazine rings is 1. The Balaban J connectivity index is 1.99. The van der Waals surface area contributed by atoms with E-state index in [1.165, 1.54) is 58.2 Å². The van der Waals surface area contributed by atoms with E-state index in [1.54, 1.807) is 0 Å². The Morgan fingerprint density at radius 1 is 1.11 bits per heavy atom. The molecule has 1 saturated carbocycles. The largest absolute Gasteiger partial charge is 0.311 e. The molecule has 19 heavy (non-hydrogen) atoms. The van der Waals surface area contributed by atoms with E-state index >= 15 is 0 Å². The van der Waals surface area contributed by atoms with E-state index in [2.05, 4.69) is 37.9 Å². The number of rotatable bonds is 3. The molecule has 2 unspecified atom stereocenters. The Morgan fingerprint density at radius 3 is 2.37 bits per heavy atom. The Hall–Kier alpha value is -0.0800. The molecule has 1 aliphatic heterocycles. The number of hydrogen-bond donors (Lipinski definition) is 1. The van der Waals surface area contributed by atoms with Crippen molar-refractivity contribution in [3.05, 3.63) is 0 Å². The molecule has 1 N–H and O–H groups in total. The van der Waals surface area contributed by atoms with Gasteiger partial charge in [-0.15, -0.1) is 0 Å². The van der Waals surface area contributed by atoms with E-state index in [0.717, 1.165) is 12.0 Å². The average Bonchev–Trinajstić information content (AvgIpc) is 2.39. The minimum absolute atomic E-state index is 0.378. The molecule has 1 saturated heterocycles. The average molecular weight is 266 g/mol. The molecule has 2 heteroatoms. The molecule has 2 aliphatic rings. The first kappa shape index (κ1) is 15.3. The first-order valence-electron chi connectivity index (χ1n) is 8.49. The molecule has 0 amide bonds. The SMILES string of the molecule is CCCN1CC(C(C)(C)C)NCC1C1CCCCC1. The van der Waals surface area contributed by atoms with Gasteiger partial charge in [0.15, 0.2) is 0 Å². The predicted molar refractivity (Wildman–Crippen MR) is 83.5 cm³/mol. The first-order valence-corrected chi connectivity index (χ1v) is 8.49. The van der Waals surface area contributed by atoms with Crippen LogP contribution in [0.2, 0.25) is 0 Å². The van der Waals surface area contributed by atoms with Gasteiger partial charge in [0, 0.05) is 25.2 Å². The molecule has 0 spiro atoms. The van der Waals surface area contributed by atoms with Crippen LogP contribution in [-0.4, -0.2) is 36.6 Å². The van der Waals surface area contributed by atoms with E-state index in [9.17, 15) is 0 Å². The summed E-state index contributed by atoms with van der Waals surface area (Å²) in [5, 5.41) is 3.85. The molecule has 2 nitrogen and oxygen atoms in total. The molecule has 2 atom stereocenters. The third-order valence-electron chi connectivity index (χ3n) is 5.21. The van der Waals surface area contributed by atoms with Crippen LogP contribution in [0.15, 0.2) is 0 Å². The van der Waals surface area contributed by atoms with Crippen molar-refractivity contribution in [2.75, 3.05) is 19.6 Å². The van der Waals surface area contributed by atoms with Crippen molar-refractivity contribution in [2.45, 2.75) is 78.3 Å². The zero-order valence-electron chi connectivity index (χ0n) is 13.5. The highest BCUT2D eigenvalue weighted by molar-refractivity contribution is 4.94. The Kier molecular flexibility index (Phi) is 5.30. The fraction of sp³-hybridized carbons (Fsp3) is 1.00. The van der Waals surface area contributed by atoms with Gasteiger partial charge in [0.05, 0.1) is 0 Å². The topological polar surface area (TPSA) is 15.3 Å². The summed E-state index contributed by atoms with van der Waals surface area (Å²) in [6.45, 7) is 13.2. The Bertz CT molecular complexity index is 263. The summed E-state index contributed by atoms with van der Waals surface area (Å²) in [5.74, 6) is 0.953. The summed E-state index contributed by atoms with van der Waals surface area (Å²) >= 11 is 0. The smallest absolute Gasteiger partial charge is 0.0249 e. The Labute approximate surface area is 120 Å². The third-order valence-corrected chi connectivity index (χ3v) is 5.21. The molecule has 2 fully saturated rings. The molecule has 0 bridgehead atoms. The van der Waals surface area contributed by atoms with Crippen LogP contribution in [0.3, 0.4) is 0 Å². The summed E-state index contributed by atoms with van der Waals surface area (Å²) in [4.78, 5) is 2.81. The van der Waals surface area contributed by atoms with Gasteiger partial charge in [-0.25, -0.2) is 0 Å². The van der Waals surface area contributed by atoms with Gasteiger partial charge in [0.25, 0.3) is 0 Å². The lowest BCUT2D eigenvalue weighted by molar-refractivity contribution is 0.0444. The molecule has 1 aliphatic carbocycles. The van der Waals surface area contributed by atoms with E-state index in [4.69, 9.17) is 0 Å². The molecule has 0 aromatic carbocycles. The number of nitrogens with zero attached hydrogens (tertiary/aromatic N) is 1. The predicted octanol–water partition coefficient (Wildman–Crippen LogP) is 3.67. The van der Waals surface area contributed by atoms with Gasteiger partial charge in [0.2, 0.25) is 0 Å². The highest BCUT2D eigenvalue weighted by atomic mass is 15.2. The molecule has 1 heterocycles. The fourth-order valence-corrected chi connectivity index (χ4v) is 3.93. The number of hydrogen-bond acceptors (Lipinski definition) is 2.